The molecule has 0 radical (unpaired) electrons. The monoisotopic (exact) mass is 266 g/mol. The van der Waals surface area contributed by atoms with E-state index in [0.717, 1.165) is 26.2 Å². The molecular formula is C13H18N2O2S. The second-order valence-corrected chi connectivity index (χ2v) is 5.91. The first kappa shape index (κ1) is 12.1. The molecule has 1 aromatic rings. The van der Waals surface area contributed by atoms with Gasteiger partial charge in [0.25, 0.3) is 0 Å². The third kappa shape index (κ3) is 2.43. The summed E-state index contributed by atoms with van der Waals surface area (Å²) >= 11 is 1.70. The first-order valence-corrected chi connectivity index (χ1v) is 7.36. The van der Waals surface area contributed by atoms with Gasteiger partial charge in [-0.15, -0.1) is 11.3 Å². The predicted molar refractivity (Wildman–Crippen MR) is 70.3 cm³/mol. The largest absolute Gasteiger partial charge is 0.381 e. The van der Waals surface area contributed by atoms with Gasteiger partial charge in [-0.3, -0.25) is 10.1 Å². The maximum Gasteiger partial charge on any atom is 0.238 e. The third-order valence-corrected chi connectivity index (χ3v) is 4.53. The third-order valence-electron chi connectivity index (χ3n) is 3.60. The minimum atomic E-state index is 0.0689. The molecule has 1 amide bonds. The molecule has 0 spiro atoms. The molecule has 1 aromatic heterocycles. The average molecular weight is 266 g/mol. The summed E-state index contributed by atoms with van der Waals surface area (Å²) in [5.74, 6) is 0.698. The highest BCUT2D eigenvalue weighted by Gasteiger charge is 2.33. The molecule has 3 heterocycles. The smallest absolute Gasteiger partial charge is 0.238 e. The zero-order valence-corrected chi connectivity index (χ0v) is 11.1. The van der Waals surface area contributed by atoms with Crippen molar-refractivity contribution >= 4 is 17.2 Å². The molecule has 5 heteroatoms. The number of nitrogens with one attached hydrogen (secondary N) is 1. The lowest BCUT2D eigenvalue weighted by Crippen LogP contribution is -2.37. The highest BCUT2D eigenvalue weighted by molar-refractivity contribution is 7.10. The van der Waals surface area contributed by atoms with E-state index >= 15 is 0 Å². The van der Waals surface area contributed by atoms with Crippen LogP contribution in [0, 0.1) is 5.92 Å². The average Bonchev–Trinajstić information content (AvgIpc) is 3.02. The van der Waals surface area contributed by atoms with Gasteiger partial charge in [-0.25, -0.2) is 0 Å². The fourth-order valence-electron chi connectivity index (χ4n) is 2.68. The van der Waals surface area contributed by atoms with Crippen LogP contribution in [0.1, 0.15) is 23.9 Å². The Labute approximate surface area is 111 Å². The van der Waals surface area contributed by atoms with Gasteiger partial charge >= 0.3 is 0 Å². The van der Waals surface area contributed by atoms with E-state index in [2.05, 4.69) is 16.8 Å². The fourth-order valence-corrected chi connectivity index (χ4v) is 3.49. The number of carbonyl (C=O) groups excluding carboxylic acids is 1. The molecule has 2 unspecified atom stereocenters. The zero-order chi connectivity index (χ0) is 12.4. The van der Waals surface area contributed by atoms with Crippen LogP contribution in [0.4, 0.5) is 0 Å². The maximum absolute atomic E-state index is 12.0. The highest BCUT2D eigenvalue weighted by Crippen LogP contribution is 2.28. The molecule has 0 saturated carbocycles. The van der Waals surface area contributed by atoms with Crippen LogP contribution in [0.5, 0.6) is 0 Å². The zero-order valence-electron chi connectivity index (χ0n) is 10.3. The van der Waals surface area contributed by atoms with Crippen LogP contribution >= 0.6 is 11.3 Å². The Morgan fingerprint density at radius 1 is 1.56 bits per heavy atom. The summed E-state index contributed by atoms with van der Waals surface area (Å²) < 4.78 is 5.50. The Hall–Kier alpha value is -0.910. The minimum absolute atomic E-state index is 0.0689. The van der Waals surface area contributed by atoms with Gasteiger partial charge in [0.1, 0.15) is 6.17 Å². The first-order chi connectivity index (χ1) is 8.84. The van der Waals surface area contributed by atoms with Gasteiger partial charge in [0.05, 0.1) is 13.2 Å². The number of amides is 1. The van der Waals surface area contributed by atoms with Gasteiger partial charge < -0.3 is 9.64 Å². The number of nitrogens with zero attached hydrogens (tertiary/aromatic N) is 1. The second kappa shape index (κ2) is 5.38. The van der Waals surface area contributed by atoms with E-state index in [1.54, 1.807) is 11.3 Å². The maximum atomic E-state index is 12.0. The van der Waals surface area contributed by atoms with E-state index in [4.69, 9.17) is 4.74 Å². The normalized spacial score (nSPS) is 28.9. The summed E-state index contributed by atoms with van der Waals surface area (Å²) in [4.78, 5) is 15.2. The van der Waals surface area contributed by atoms with Crippen molar-refractivity contribution in [3.63, 3.8) is 0 Å². The van der Waals surface area contributed by atoms with Gasteiger partial charge in [0.15, 0.2) is 0 Å². The molecule has 0 aromatic carbocycles. The molecular weight excluding hydrogens is 248 g/mol. The molecule has 2 atom stereocenters. The molecule has 3 rings (SSSR count). The SMILES string of the molecule is O=C1CNC(c2cccs2)N1CC1CCCOC1. The molecule has 2 fully saturated rings. The van der Waals surface area contributed by atoms with Crippen LogP contribution < -0.4 is 5.32 Å². The van der Waals surface area contributed by atoms with Crippen LogP contribution in [-0.2, 0) is 9.53 Å². The summed E-state index contributed by atoms with van der Waals surface area (Å²) in [7, 11) is 0. The number of rotatable bonds is 3. The molecule has 0 aliphatic carbocycles. The Balaban J connectivity index is 1.69. The number of ether oxygens (including phenoxy) is 1. The van der Waals surface area contributed by atoms with Crippen molar-refractivity contribution in [3.8, 4) is 0 Å². The standard InChI is InChI=1S/C13H18N2O2S/c16-12-7-14-13(11-4-2-6-18-11)15(12)8-10-3-1-5-17-9-10/h2,4,6,10,13-14H,1,3,5,7-9H2. The molecule has 2 aliphatic rings. The summed E-state index contributed by atoms with van der Waals surface area (Å²) in [6.07, 6.45) is 2.35. The van der Waals surface area contributed by atoms with Gasteiger partial charge in [-0.05, 0) is 24.3 Å². The van der Waals surface area contributed by atoms with E-state index in [1.165, 1.54) is 11.3 Å². The van der Waals surface area contributed by atoms with Crippen LogP contribution in [0.15, 0.2) is 17.5 Å². The molecule has 98 valence electrons. The summed E-state index contributed by atoms with van der Waals surface area (Å²) in [5, 5.41) is 5.35. The molecule has 18 heavy (non-hydrogen) atoms. The Bertz CT molecular complexity index is 401. The number of carbonyl (C=O) groups is 1. The first-order valence-electron chi connectivity index (χ1n) is 6.48. The number of hydrogen-bond donors (Lipinski definition) is 1. The van der Waals surface area contributed by atoms with Crippen molar-refractivity contribution < 1.29 is 9.53 Å². The molecule has 1 N–H and O–H groups in total. The van der Waals surface area contributed by atoms with Crippen LogP contribution in [0.2, 0.25) is 0 Å². The fraction of sp³-hybridized carbons (Fsp3) is 0.615. The van der Waals surface area contributed by atoms with Gasteiger partial charge in [-0.1, -0.05) is 6.07 Å². The Morgan fingerprint density at radius 3 is 3.22 bits per heavy atom. The lowest BCUT2D eigenvalue weighted by molar-refractivity contribution is -0.129. The van der Waals surface area contributed by atoms with Crippen LogP contribution in [-0.4, -0.2) is 37.1 Å². The molecule has 4 nitrogen and oxygen atoms in total. The van der Waals surface area contributed by atoms with Crippen molar-refractivity contribution in [1.29, 1.82) is 0 Å². The van der Waals surface area contributed by atoms with E-state index in [0.29, 0.717) is 12.5 Å². The molecule has 2 aliphatic heterocycles. The summed E-state index contributed by atoms with van der Waals surface area (Å²) in [6, 6.07) is 4.12. The number of thiophene rings is 1. The quantitative estimate of drug-likeness (QED) is 0.903. The lowest BCUT2D eigenvalue weighted by Gasteiger charge is -2.30. The minimum Gasteiger partial charge on any atom is -0.381 e. The van der Waals surface area contributed by atoms with Crippen molar-refractivity contribution in [2.75, 3.05) is 26.3 Å². The predicted octanol–water partition coefficient (Wildman–Crippen LogP) is 1.61. The van der Waals surface area contributed by atoms with Gasteiger partial charge in [0, 0.05) is 23.9 Å². The van der Waals surface area contributed by atoms with Gasteiger partial charge in [0.2, 0.25) is 5.91 Å². The van der Waals surface area contributed by atoms with Gasteiger partial charge in [-0.2, -0.15) is 0 Å². The van der Waals surface area contributed by atoms with Crippen LogP contribution in [0.25, 0.3) is 0 Å². The topological polar surface area (TPSA) is 41.6 Å². The highest BCUT2D eigenvalue weighted by atomic mass is 32.1. The van der Waals surface area contributed by atoms with Crippen molar-refractivity contribution in [3.05, 3.63) is 22.4 Å². The second-order valence-electron chi connectivity index (χ2n) is 4.93. The van der Waals surface area contributed by atoms with Crippen molar-refractivity contribution in [1.82, 2.24) is 10.2 Å². The van der Waals surface area contributed by atoms with E-state index in [9.17, 15) is 4.79 Å². The Morgan fingerprint density at radius 2 is 2.50 bits per heavy atom. The van der Waals surface area contributed by atoms with Crippen LogP contribution in [0.3, 0.4) is 0 Å². The van der Waals surface area contributed by atoms with Crippen molar-refractivity contribution in [2.24, 2.45) is 5.92 Å². The Kier molecular flexibility index (Phi) is 3.63. The van der Waals surface area contributed by atoms with Crippen molar-refractivity contribution in [2.45, 2.75) is 19.0 Å². The van der Waals surface area contributed by atoms with E-state index in [1.807, 2.05) is 11.0 Å². The lowest BCUT2D eigenvalue weighted by atomic mass is 10.0. The van der Waals surface area contributed by atoms with E-state index < -0.39 is 0 Å². The summed E-state index contributed by atoms with van der Waals surface area (Å²) in [6.45, 7) is 2.93. The molecule has 2 saturated heterocycles. The number of hydrogen-bond acceptors (Lipinski definition) is 4. The van der Waals surface area contributed by atoms with E-state index in [-0.39, 0.29) is 12.1 Å². The molecule has 0 bridgehead atoms. The summed E-state index contributed by atoms with van der Waals surface area (Å²) in [5.41, 5.74) is 0.